The molecule has 2 aromatic rings. The molecule has 0 saturated carbocycles. The van der Waals surface area contributed by atoms with Gasteiger partial charge in [0.25, 0.3) is 0 Å². The second kappa shape index (κ2) is 11.5. The van der Waals surface area contributed by atoms with E-state index in [-0.39, 0.29) is 6.04 Å². The summed E-state index contributed by atoms with van der Waals surface area (Å²) >= 11 is 0. The fourth-order valence-corrected chi connectivity index (χ4v) is 3.81. The minimum Gasteiger partial charge on any atom is -0.496 e. The molecule has 1 aromatic heterocycles. The number of benzene rings is 1. The van der Waals surface area contributed by atoms with E-state index in [0.29, 0.717) is 6.54 Å². The maximum absolute atomic E-state index is 5.64. The third-order valence-corrected chi connectivity index (χ3v) is 5.26. The maximum atomic E-state index is 5.64. The van der Waals surface area contributed by atoms with Crippen LogP contribution in [-0.2, 0) is 6.54 Å². The van der Waals surface area contributed by atoms with Gasteiger partial charge in [0.2, 0.25) is 0 Å². The molecule has 1 aliphatic rings. The summed E-state index contributed by atoms with van der Waals surface area (Å²) in [5, 5.41) is 11.1. The van der Waals surface area contributed by atoms with Crippen molar-refractivity contribution in [3.63, 3.8) is 0 Å². The standard InChI is InChI=1S/C22H34N6O/c1-3-23-22(24-12-8-16-28-17-9-13-26-28)25-18-20(27-14-6-7-15-27)19-10-4-5-11-21(19)29-2/h4-5,9-11,13,17,20H,3,6-8,12,14-16,18H2,1-2H3,(H2,23,24,25). The van der Waals surface area contributed by atoms with Crippen LogP contribution in [-0.4, -0.2) is 60.5 Å². The van der Waals surface area contributed by atoms with Crippen molar-refractivity contribution in [2.24, 2.45) is 4.99 Å². The van der Waals surface area contributed by atoms with E-state index in [2.05, 4.69) is 39.7 Å². The Morgan fingerprint density at radius 3 is 2.76 bits per heavy atom. The molecule has 158 valence electrons. The van der Waals surface area contributed by atoms with Crippen molar-refractivity contribution in [1.82, 2.24) is 25.3 Å². The number of nitrogens with one attached hydrogen (secondary N) is 2. The van der Waals surface area contributed by atoms with E-state index in [1.165, 1.54) is 18.4 Å². The van der Waals surface area contributed by atoms with E-state index in [4.69, 9.17) is 9.73 Å². The van der Waals surface area contributed by atoms with E-state index in [1.807, 2.05) is 35.3 Å². The average molecular weight is 399 g/mol. The van der Waals surface area contributed by atoms with Crippen LogP contribution in [0.3, 0.4) is 0 Å². The molecule has 1 saturated heterocycles. The zero-order valence-electron chi connectivity index (χ0n) is 17.7. The van der Waals surface area contributed by atoms with Crippen LogP contribution >= 0.6 is 0 Å². The summed E-state index contributed by atoms with van der Waals surface area (Å²) in [6.45, 7) is 7.63. The highest BCUT2D eigenvalue weighted by Gasteiger charge is 2.25. The summed E-state index contributed by atoms with van der Waals surface area (Å²) in [4.78, 5) is 7.45. The Morgan fingerprint density at radius 2 is 2.03 bits per heavy atom. The zero-order chi connectivity index (χ0) is 20.3. The molecule has 0 aliphatic carbocycles. The molecule has 0 amide bonds. The largest absolute Gasteiger partial charge is 0.496 e. The number of likely N-dealkylation sites (tertiary alicyclic amines) is 1. The lowest BCUT2D eigenvalue weighted by molar-refractivity contribution is 0.245. The van der Waals surface area contributed by atoms with Gasteiger partial charge in [-0.1, -0.05) is 18.2 Å². The van der Waals surface area contributed by atoms with Crippen LogP contribution in [0.2, 0.25) is 0 Å². The molecule has 0 spiro atoms. The molecule has 0 bridgehead atoms. The molecule has 3 rings (SSSR count). The fraction of sp³-hybridized carbons (Fsp3) is 0.545. The van der Waals surface area contributed by atoms with Gasteiger partial charge in [-0.2, -0.15) is 5.10 Å². The Balaban J connectivity index is 1.64. The third kappa shape index (κ3) is 6.22. The number of aliphatic imine (C=N–C) groups is 1. The topological polar surface area (TPSA) is 66.7 Å². The highest BCUT2D eigenvalue weighted by Crippen LogP contribution is 2.31. The number of methoxy groups -OCH3 is 1. The van der Waals surface area contributed by atoms with Crippen LogP contribution in [0.5, 0.6) is 5.75 Å². The molecule has 29 heavy (non-hydrogen) atoms. The predicted octanol–water partition coefficient (Wildman–Crippen LogP) is 2.67. The number of rotatable bonds is 10. The minimum absolute atomic E-state index is 0.230. The number of hydrogen-bond acceptors (Lipinski definition) is 4. The zero-order valence-corrected chi connectivity index (χ0v) is 17.7. The maximum Gasteiger partial charge on any atom is 0.191 e. The smallest absolute Gasteiger partial charge is 0.191 e. The molecule has 7 nitrogen and oxygen atoms in total. The Kier molecular flexibility index (Phi) is 8.37. The Labute approximate surface area is 174 Å². The quantitative estimate of drug-likeness (QED) is 0.366. The lowest BCUT2D eigenvalue weighted by Gasteiger charge is -2.28. The van der Waals surface area contributed by atoms with E-state index in [1.54, 1.807) is 7.11 Å². The first-order valence-corrected chi connectivity index (χ1v) is 10.7. The lowest BCUT2D eigenvalue weighted by Crippen LogP contribution is -2.39. The number of aromatic nitrogens is 2. The molecule has 1 atom stereocenters. The van der Waals surface area contributed by atoms with E-state index in [0.717, 1.165) is 50.9 Å². The Hall–Kier alpha value is -2.54. The molecule has 1 aliphatic heterocycles. The highest BCUT2D eigenvalue weighted by molar-refractivity contribution is 5.79. The number of guanidine groups is 1. The summed E-state index contributed by atoms with van der Waals surface area (Å²) in [7, 11) is 1.74. The van der Waals surface area contributed by atoms with Gasteiger partial charge < -0.3 is 15.4 Å². The first-order valence-electron chi connectivity index (χ1n) is 10.7. The lowest BCUT2D eigenvalue weighted by atomic mass is 10.0. The van der Waals surface area contributed by atoms with Crippen molar-refractivity contribution in [3.8, 4) is 5.75 Å². The van der Waals surface area contributed by atoms with Crippen molar-refractivity contribution < 1.29 is 4.74 Å². The van der Waals surface area contributed by atoms with Crippen molar-refractivity contribution in [3.05, 3.63) is 48.3 Å². The summed E-state index contributed by atoms with van der Waals surface area (Å²) < 4.78 is 7.60. The van der Waals surface area contributed by atoms with Crippen LogP contribution in [0, 0.1) is 0 Å². The van der Waals surface area contributed by atoms with Gasteiger partial charge in [-0.15, -0.1) is 0 Å². The first kappa shape index (κ1) is 21.2. The summed E-state index contributed by atoms with van der Waals surface area (Å²) in [5.41, 5.74) is 1.22. The average Bonchev–Trinajstić information content (AvgIpc) is 3.46. The summed E-state index contributed by atoms with van der Waals surface area (Å²) in [5.74, 6) is 1.81. The minimum atomic E-state index is 0.230. The Bertz CT molecular complexity index is 740. The SMILES string of the molecule is CCNC(=NCC(c1ccccc1OC)N1CCCC1)NCCCn1cccn1. The number of hydrogen-bond donors (Lipinski definition) is 2. The van der Waals surface area contributed by atoms with Crippen molar-refractivity contribution in [2.75, 3.05) is 39.8 Å². The van der Waals surface area contributed by atoms with Crippen molar-refractivity contribution in [1.29, 1.82) is 0 Å². The second-order valence-corrected chi connectivity index (χ2v) is 7.27. The molecule has 0 radical (unpaired) electrons. The van der Waals surface area contributed by atoms with Gasteiger partial charge in [-0.05, 0) is 51.4 Å². The second-order valence-electron chi connectivity index (χ2n) is 7.27. The van der Waals surface area contributed by atoms with Crippen LogP contribution in [0.25, 0.3) is 0 Å². The molecule has 1 aromatic carbocycles. The molecule has 1 fully saturated rings. The molecular formula is C22H34N6O. The molecule has 1 unspecified atom stereocenters. The van der Waals surface area contributed by atoms with Crippen LogP contribution in [0.1, 0.15) is 37.8 Å². The summed E-state index contributed by atoms with van der Waals surface area (Å²) in [6, 6.07) is 10.5. The number of aryl methyl sites for hydroxylation is 1. The Morgan fingerprint density at radius 1 is 1.21 bits per heavy atom. The van der Waals surface area contributed by atoms with Gasteiger partial charge in [-0.3, -0.25) is 14.6 Å². The van der Waals surface area contributed by atoms with Crippen LogP contribution in [0.4, 0.5) is 0 Å². The van der Waals surface area contributed by atoms with Gasteiger partial charge in [0.05, 0.1) is 19.7 Å². The third-order valence-electron chi connectivity index (χ3n) is 5.26. The van der Waals surface area contributed by atoms with Gasteiger partial charge >= 0.3 is 0 Å². The van der Waals surface area contributed by atoms with E-state index < -0.39 is 0 Å². The predicted molar refractivity (Wildman–Crippen MR) is 117 cm³/mol. The van der Waals surface area contributed by atoms with E-state index in [9.17, 15) is 0 Å². The number of ether oxygens (including phenoxy) is 1. The van der Waals surface area contributed by atoms with Crippen LogP contribution < -0.4 is 15.4 Å². The highest BCUT2D eigenvalue weighted by atomic mass is 16.5. The first-order chi connectivity index (χ1) is 14.3. The molecule has 2 N–H and O–H groups in total. The van der Waals surface area contributed by atoms with Gasteiger partial charge in [0, 0.05) is 37.6 Å². The molecular weight excluding hydrogens is 364 g/mol. The monoisotopic (exact) mass is 398 g/mol. The number of nitrogens with zero attached hydrogens (tertiary/aromatic N) is 4. The normalized spacial score (nSPS) is 16.0. The fourth-order valence-electron chi connectivity index (χ4n) is 3.81. The van der Waals surface area contributed by atoms with Crippen molar-refractivity contribution >= 4 is 5.96 Å². The molecule has 2 heterocycles. The van der Waals surface area contributed by atoms with Gasteiger partial charge in [0.15, 0.2) is 5.96 Å². The number of para-hydroxylation sites is 1. The van der Waals surface area contributed by atoms with Crippen LogP contribution in [0.15, 0.2) is 47.7 Å². The summed E-state index contributed by atoms with van der Waals surface area (Å²) in [6.07, 6.45) is 7.30. The van der Waals surface area contributed by atoms with Crippen molar-refractivity contribution in [2.45, 2.75) is 38.8 Å². The molecule has 7 heteroatoms. The van der Waals surface area contributed by atoms with Gasteiger partial charge in [-0.25, -0.2) is 0 Å². The van der Waals surface area contributed by atoms with E-state index >= 15 is 0 Å². The van der Waals surface area contributed by atoms with Gasteiger partial charge in [0.1, 0.15) is 5.75 Å².